The molecular formula is C20H28FN3O7S. The maximum Gasteiger partial charge on any atom is 0.414 e. The Balaban J connectivity index is 1.60. The number of nitrogens with zero attached hydrogens (tertiary/aromatic N) is 3. The SMILES string of the molecule is CC(C)(C)OC(=O)N1CCN(c2ccc(N3C[C@@H](COS(C)(=O)=O)OC3=O)cc2F)CC1. The molecule has 0 N–H and O–H groups in total. The topological polar surface area (TPSA) is 106 Å². The van der Waals surface area contributed by atoms with Gasteiger partial charge in [0.25, 0.3) is 10.1 Å². The number of amides is 2. The zero-order valence-corrected chi connectivity index (χ0v) is 19.4. The van der Waals surface area contributed by atoms with Crippen molar-refractivity contribution in [2.45, 2.75) is 32.5 Å². The van der Waals surface area contributed by atoms with Gasteiger partial charge in [0.05, 0.1) is 24.2 Å². The van der Waals surface area contributed by atoms with Gasteiger partial charge in [0.15, 0.2) is 0 Å². The average molecular weight is 474 g/mol. The predicted molar refractivity (Wildman–Crippen MR) is 115 cm³/mol. The van der Waals surface area contributed by atoms with Gasteiger partial charge < -0.3 is 19.3 Å². The van der Waals surface area contributed by atoms with E-state index in [4.69, 9.17) is 9.47 Å². The van der Waals surface area contributed by atoms with Gasteiger partial charge >= 0.3 is 12.2 Å². The van der Waals surface area contributed by atoms with Crippen molar-refractivity contribution >= 4 is 33.7 Å². The van der Waals surface area contributed by atoms with Crippen LogP contribution in [0.1, 0.15) is 20.8 Å². The Hall–Kier alpha value is -2.60. The molecule has 0 spiro atoms. The average Bonchev–Trinajstić information content (AvgIpc) is 3.05. The number of carbonyl (C=O) groups excluding carboxylic acids is 2. The molecule has 0 unspecified atom stereocenters. The summed E-state index contributed by atoms with van der Waals surface area (Å²) in [6.07, 6.45) is -0.968. The van der Waals surface area contributed by atoms with Crippen LogP contribution >= 0.6 is 0 Å². The van der Waals surface area contributed by atoms with Crippen LogP contribution in [0.2, 0.25) is 0 Å². The predicted octanol–water partition coefficient (Wildman–Crippen LogP) is 2.18. The second-order valence-corrected chi connectivity index (χ2v) is 10.3. The fourth-order valence-electron chi connectivity index (χ4n) is 3.40. The minimum Gasteiger partial charge on any atom is -0.444 e. The van der Waals surface area contributed by atoms with Crippen molar-refractivity contribution in [2.24, 2.45) is 0 Å². The van der Waals surface area contributed by atoms with E-state index < -0.39 is 39.8 Å². The zero-order valence-electron chi connectivity index (χ0n) is 18.5. The molecule has 0 bridgehead atoms. The van der Waals surface area contributed by atoms with Crippen LogP contribution in [0.4, 0.5) is 25.4 Å². The summed E-state index contributed by atoms with van der Waals surface area (Å²) in [6, 6.07) is 4.40. The number of piperazine rings is 1. The first-order valence-corrected chi connectivity index (χ1v) is 12.0. The lowest BCUT2D eigenvalue weighted by molar-refractivity contribution is 0.0240. The molecule has 3 rings (SSSR count). The first-order valence-electron chi connectivity index (χ1n) is 10.2. The van der Waals surface area contributed by atoms with Crippen LogP contribution in [0.15, 0.2) is 18.2 Å². The van der Waals surface area contributed by atoms with E-state index in [1.54, 1.807) is 37.8 Å². The Morgan fingerprint density at radius 1 is 1.22 bits per heavy atom. The summed E-state index contributed by atoms with van der Waals surface area (Å²) in [4.78, 5) is 29.0. The highest BCUT2D eigenvalue weighted by Gasteiger charge is 2.34. The lowest BCUT2D eigenvalue weighted by Gasteiger charge is -2.37. The Labute approximate surface area is 186 Å². The highest BCUT2D eigenvalue weighted by atomic mass is 32.2. The van der Waals surface area contributed by atoms with Gasteiger partial charge in [-0.2, -0.15) is 8.42 Å². The van der Waals surface area contributed by atoms with Crippen molar-refractivity contribution in [3.63, 3.8) is 0 Å². The number of benzene rings is 1. The molecule has 2 aliphatic heterocycles. The van der Waals surface area contributed by atoms with E-state index in [1.165, 1.54) is 11.0 Å². The molecule has 0 aliphatic carbocycles. The number of hydrogen-bond acceptors (Lipinski definition) is 8. The third-order valence-corrected chi connectivity index (χ3v) is 5.42. The second-order valence-electron chi connectivity index (χ2n) is 8.70. The second kappa shape index (κ2) is 9.10. The van der Waals surface area contributed by atoms with Crippen molar-refractivity contribution in [3.05, 3.63) is 24.0 Å². The summed E-state index contributed by atoms with van der Waals surface area (Å²) >= 11 is 0. The van der Waals surface area contributed by atoms with Crippen LogP contribution in [0.3, 0.4) is 0 Å². The number of halogens is 1. The minimum atomic E-state index is -3.66. The van der Waals surface area contributed by atoms with Crippen LogP contribution in [-0.2, 0) is 23.8 Å². The van der Waals surface area contributed by atoms with Crippen LogP contribution in [0, 0.1) is 5.82 Å². The van der Waals surface area contributed by atoms with Gasteiger partial charge in [0.1, 0.15) is 24.1 Å². The molecule has 2 fully saturated rings. The first kappa shape index (κ1) is 24.1. The Morgan fingerprint density at radius 2 is 1.88 bits per heavy atom. The number of rotatable bonds is 5. The van der Waals surface area contributed by atoms with Gasteiger partial charge in [0, 0.05) is 26.2 Å². The Kier molecular flexibility index (Phi) is 6.84. The van der Waals surface area contributed by atoms with Gasteiger partial charge in [-0.15, -0.1) is 0 Å². The highest BCUT2D eigenvalue weighted by Crippen LogP contribution is 2.29. The van der Waals surface area contributed by atoms with Crippen molar-refractivity contribution in [1.82, 2.24) is 4.90 Å². The van der Waals surface area contributed by atoms with Crippen molar-refractivity contribution in [2.75, 3.05) is 55.4 Å². The Morgan fingerprint density at radius 3 is 2.44 bits per heavy atom. The summed E-state index contributed by atoms with van der Waals surface area (Å²) in [5.41, 5.74) is 0.0793. The molecule has 32 heavy (non-hydrogen) atoms. The van der Waals surface area contributed by atoms with E-state index in [0.29, 0.717) is 37.6 Å². The van der Waals surface area contributed by atoms with Crippen molar-refractivity contribution in [3.8, 4) is 0 Å². The fourth-order valence-corrected chi connectivity index (χ4v) is 3.79. The zero-order chi connectivity index (χ0) is 23.7. The summed E-state index contributed by atoms with van der Waals surface area (Å²) in [7, 11) is -3.66. The van der Waals surface area contributed by atoms with Crippen molar-refractivity contribution in [1.29, 1.82) is 0 Å². The molecule has 1 aromatic carbocycles. The molecular weight excluding hydrogens is 445 g/mol. The van der Waals surface area contributed by atoms with E-state index in [2.05, 4.69) is 4.18 Å². The molecule has 10 nitrogen and oxygen atoms in total. The minimum absolute atomic E-state index is 0.0434. The third-order valence-electron chi connectivity index (χ3n) is 4.86. The number of anilines is 2. The summed E-state index contributed by atoms with van der Waals surface area (Å²) in [6.45, 7) is 6.82. The van der Waals surface area contributed by atoms with E-state index in [0.717, 1.165) is 6.26 Å². The molecule has 2 heterocycles. The molecule has 0 aromatic heterocycles. The van der Waals surface area contributed by atoms with Gasteiger partial charge in [-0.1, -0.05) is 0 Å². The molecule has 2 aliphatic rings. The highest BCUT2D eigenvalue weighted by molar-refractivity contribution is 7.85. The van der Waals surface area contributed by atoms with E-state index >= 15 is 0 Å². The largest absolute Gasteiger partial charge is 0.444 e. The molecule has 178 valence electrons. The van der Waals surface area contributed by atoms with Crippen molar-refractivity contribution < 1.29 is 36.1 Å². The fraction of sp³-hybridized carbons (Fsp3) is 0.600. The molecule has 0 saturated carbocycles. The standard InChI is InChI=1S/C20H28FN3O7S/c1-20(2,3)31-18(25)23-9-7-22(8-10-23)17-6-5-14(11-16(17)21)24-12-15(30-19(24)26)13-29-32(4,27)28/h5-6,11,15H,7-10,12-13H2,1-4H3/t15-/m0/s1. The third kappa shape index (κ3) is 6.22. The van der Waals surface area contributed by atoms with Crippen LogP contribution < -0.4 is 9.80 Å². The van der Waals surface area contributed by atoms with E-state index in [1.807, 2.05) is 4.90 Å². The van der Waals surface area contributed by atoms with Gasteiger partial charge in [-0.05, 0) is 39.0 Å². The molecule has 2 saturated heterocycles. The lowest BCUT2D eigenvalue weighted by atomic mass is 10.2. The quantitative estimate of drug-likeness (QED) is 0.599. The molecule has 12 heteroatoms. The molecule has 2 amide bonds. The molecule has 1 atom stereocenters. The van der Waals surface area contributed by atoms with Gasteiger partial charge in [-0.3, -0.25) is 9.08 Å². The number of hydrogen-bond donors (Lipinski definition) is 0. The van der Waals surface area contributed by atoms with Gasteiger partial charge in [0.2, 0.25) is 0 Å². The van der Waals surface area contributed by atoms with Crippen LogP contribution in [0.5, 0.6) is 0 Å². The Bertz CT molecular complexity index is 972. The summed E-state index contributed by atoms with van der Waals surface area (Å²) in [5, 5.41) is 0. The summed E-state index contributed by atoms with van der Waals surface area (Å²) in [5.74, 6) is -0.517. The maximum absolute atomic E-state index is 14.9. The number of carbonyl (C=O) groups is 2. The number of ether oxygens (including phenoxy) is 2. The normalized spacial score (nSPS) is 19.8. The molecule has 1 aromatic rings. The first-order chi connectivity index (χ1) is 14.8. The van der Waals surface area contributed by atoms with E-state index in [9.17, 15) is 22.4 Å². The van der Waals surface area contributed by atoms with E-state index in [-0.39, 0.29) is 13.2 Å². The summed E-state index contributed by atoms with van der Waals surface area (Å²) < 4.78 is 52.2. The monoisotopic (exact) mass is 473 g/mol. The lowest BCUT2D eigenvalue weighted by Crippen LogP contribution is -2.50. The van der Waals surface area contributed by atoms with Crippen LogP contribution in [-0.4, -0.2) is 82.8 Å². The smallest absolute Gasteiger partial charge is 0.414 e. The maximum atomic E-state index is 14.9. The van der Waals surface area contributed by atoms with Crippen LogP contribution in [0.25, 0.3) is 0 Å². The molecule has 0 radical (unpaired) electrons. The van der Waals surface area contributed by atoms with Gasteiger partial charge in [-0.25, -0.2) is 14.0 Å². The number of cyclic esters (lactones) is 1.